The normalized spacial score (nSPS) is 9.60. The fourth-order valence-electron chi connectivity index (χ4n) is 4.29. The summed E-state index contributed by atoms with van der Waals surface area (Å²) in [6.07, 6.45) is 17.5. The number of hydrogen-bond donors (Lipinski definition) is 0. The highest BCUT2D eigenvalue weighted by molar-refractivity contribution is 5.26. The van der Waals surface area contributed by atoms with Gasteiger partial charge >= 0.3 is 0 Å². The first-order valence-electron chi connectivity index (χ1n) is 15.0. The molecule has 0 atom stereocenters. The lowest BCUT2D eigenvalue weighted by atomic mass is 10.1. The smallest absolute Gasteiger partial charge is 0.0303 e. The second-order valence-corrected chi connectivity index (χ2v) is 10.1. The molecule has 0 spiro atoms. The van der Waals surface area contributed by atoms with E-state index in [1.54, 1.807) is 12.4 Å². The maximum atomic E-state index is 4.06. The molecule has 0 unspecified atom stereocenters. The van der Waals surface area contributed by atoms with Crippen LogP contribution in [0.25, 0.3) is 0 Å². The minimum Gasteiger partial charge on any atom is -0.265 e. The number of aromatic nitrogens is 4. The molecule has 7 aromatic rings. The zero-order chi connectivity index (χ0) is 31.0. The highest BCUT2D eigenvalue weighted by Gasteiger charge is 1.95. The van der Waals surface area contributed by atoms with E-state index >= 15 is 0 Å². The van der Waals surface area contributed by atoms with Gasteiger partial charge in [0, 0.05) is 56.0 Å². The van der Waals surface area contributed by atoms with Crippen molar-refractivity contribution in [1.82, 2.24) is 19.9 Å². The molecule has 0 aliphatic carbocycles. The zero-order valence-corrected chi connectivity index (χ0v) is 25.4. The first kappa shape index (κ1) is 32.2. The van der Waals surface area contributed by atoms with Crippen LogP contribution in [-0.2, 0) is 19.3 Å². The summed E-state index contributed by atoms with van der Waals surface area (Å²) >= 11 is 0. The van der Waals surface area contributed by atoms with E-state index in [4.69, 9.17) is 0 Å². The first-order valence-corrected chi connectivity index (χ1v) is 15.0. The molecule has 0 aliphatic rings. The maximum Gasteiger partial charge on any atom is 0.0303 e. The topological polar surface area (TPSA) is 51.6 Å². The third-order valence-corrected chi connectivity index (χ3v) is 6.52. The van der Waals surface area contributed by atoms with Crippen molar-refractivity contribution >= 4 is 0 Å². The average Bonchev–Trinajstić information content (AvgIpc) is 3.13. The molecule has 0 bridgehead atoms. The number of benzene rings is 3. The molecule has 0 N–H and O–H groups in total. The molecule has 0 saturated heterocycles. The Balaban J connectivity index is 0.000000141. The van der Waals surface area contributed by atoms with Crippen LogP contribution in [0.1, 0.15) is 33.4 Å². The Labute approximate surface area is 267 Å². The quantitative estimate of drug-likeness (QED) is 0.195. The van der Waals surface area contributed by atoms with Gasteiger partial charge in [-0.3, -0.25) is 19.9 Å². The van der Waals surface area contributed by atoms with Crippen molar-refractivity contribution in [3.05, 3.63) is 229 Å². The molecule has 7 rings (SSSR count). The lowest BCUT2D eigenvalue weighted by molar-refractivity contribution is 1.12. The fourth-order valence-corrected chi connectivity index (χ4v) is 4.29. The standard InChI is InChI=1S/C13H12.2C11H10N2.C6H6/c1-3-7-12(8-4-1)11-13-9-5-2-6-10-13;1-5-12-6-2-10(1)9-11-3-7-13-8-4-11;1-3-10(8-12-5-1)7-11-4-2-6-13-9-11;1-2-4-6-5-3-1/h1-10H,11H2;1-8H,9H2;1-6,8-9H,7H2;1-6H. The summed E-state index contributed by atoms with van der Waals surface area (Å²) in [6, 6.07) is 49.2. The number of hydrogen-bond acceptors (Lipinski definition) is 4. The van der Waals surface area contributed by atoms with E-state index in [0.717, 1.165) is 19.3 Å². The van der Waals surface area contributed by atoms with Crippen LogP contribution in [0.3, 0.4) is 0 Å². The fraction of sp³-hybridized carbons (Fsp3) is 0.0732. The molecule has 0 saturated carbocycles. The van der Waals surface area contributed by atoms with E-state index in [9.17, 15) is 0 Å². The number of pyridine rings is 4. The number of rotatable bonds is 6. The molecule has 45 heavy (non-hydrogen) atoms. The molecule has 4 aromatic heterocycles. The predicted molar refractivity (Wildman–Crippen MR) is 185 cm³/mol. The van der Waals surface area contributed by atoms with Crippen molar-refractivity contribution in [2.45, 2.75) is 19.3 Å². The molecule has 0 radical (unpaired) electrons. The summed E-state index contributed by atoms with van der Waals surface area (Å²) in [5.74, 6) is 0. The summed E-state index contributed by atoms with van der Waals surface area (Å²) < 4.78 is 0. The summed E-state index contributed by atoms with van der Waals surface area (Å²) in [5.41, 5.74) is 7.73. The molecular formula is C41H38N4. The van der Waals surface area contributed by atoms with Gasteiger partial charge in [0.05, 0.1) is 0 Å². The Bertz CT molecular complexity index is 1350. The van der Waals surface area contributed by atoms with Gasteiger partial charge in [0.1, 0.15) is 0 Å². The van der Waals surface area contributed by atoms with Crippen LogP contribution in [0, 0.1) is 0 Å². The van der Waals surface area contributed by atoms with Gasteiger partial charge in [0.15, 0.2) is 0 Å². The molecule has 0 amide bonds. The van der Waals surface area contributed by atoms with Crippen molar-refractivity contribution < 1.29 is 0 Å². The molecule has 0 fully saturated rings. The Hall–Kier alpha value is -5.74. The van der Waals surface area contributed by atoms with Gasteiger partial charge in [-0.25, -0.2) is 0 Å². The zero-order valence-electron chi connectivity index (χ0n) is 25.4. The predicted octanol–water partition coefficient (Wildman–Crippen LogP) is 9.10. The third-order valence-electron chi connectivity index (χ3n) is 6.52. The average molecular weight is 587 g/mol. The van der Waals surface area contributed by atoms with Crippen molar-refractivity contribution in [3.8, 4) is 0 Å². The van der Waals surface area contributed by atoms with Crippen molar-refractivity contribution in [3.63, 3.8) is 0 Å². The van der Waals surface area contributed by atoms with Gasteiger partial charge in [-0.05, 0) is 82.6 Å². The van der Waals surface area contributed by atoms with Crippen LogP contribution in [-0.4, -0.2) is 19.9 Å². The van der Waals surface area contributed by atoms with E-state index in [1.807, 2.05) is 110 Å². The Morgan fingerprint density at radius 2 is 0.533 bits per heavy atom. The monoisotopic (exact) mass is 586 g/mol. The highest BCUT2D eigenvalue weighted by Crippen LogP contribution is 2.09. The van der Waals surface area contributed by atoms with E-state index in [-0.39, 0.29) is 0 Å². The molecule has 0 aliphatic heterocycles. The van der Waals surface area contributed by atoms with Crippen LogP contribution in [0.4, 0.5) is 0 Å². The van der Waals surface area contributed by atoms with Gasteiger partial charge in [-0.15, -0.1) is 0 Å². The van der Waals surface area contributed by atoms with Crippen LogP contribution >= 0.6 is 0 Å². The van der Waals surface area contributed by atoms with Crippen molar-refractivity contribution in [2.75, 3.05) is 0 Å². The summed E-state index contributed by atoms with van der Waals surface area (Å²) in [5, 5.41) is 0. The van der Waals surface area contributed by atoms with Crippen LogP contribution < -0.4 is 0 Å². The third kappa shape index (κ3) is 13.9. The Morgan fingerprint density at radius 3 is 0.867 bits per heavy atom. The van der Waals surface area contributed by atoms with Gasteiger partial charge in [-0.2, -0.15) is 0 Å². The van der Waals surface area contributed by atoms with E-state index in [0.29, 0.717) is 0 Å². The summed E-state index contributed by atoms with van der Waals surface area (Å²) in [6.45, 7) is 0. The number of nitrogens with zero attached hydrogens (tertiary/aromatic N) is 4. The second kappa shape index (κ2) is 20.2. The lowest BCUT2D eigenvalue weighted by Crippen LogP contribution is -1.88. The molecule has 222 valence electrons. The van der Waals surface area contributed by atoms with Gasteiger partial charge in [0.2, 0.25) is 0 Å². The Kier molecular flexibility index (Phi) is 14.5. The largest absolute Gasteiger partial charge is 0.265 e. The van der Waals surface area contributed by atoms with E-state index < -0.39 is 0 Å². The minimum atomic E-state index is 0.904. The molecule has 4 nitrogen and oxygen atoms in total. The molecule has 4 heteroatoms. The van der Waals surface area contributed by atoms with Gasteiger partial charge in [0.25, 0.3) is 0 Å². The van der Waals surface area contributed by atoms with Crippen LogP contribution in [0.15, 0.2) is 195 Å². The molecular weight excluding hydrogens is 548 g/mol. The van der Waals surface area contributed by atoms with Crippen molar-refractivity contribution in [2.24, 2.45) is 0 Å². The lowest BCUT2D eigenvalue weighted by Gasteiger charge is -2.00. The van der Waals surface area contributed by atoms with E-state index in [1.165, 1.54) is 33.4 Å². The van der Waals surface area contributed by atoms with Crippen LogP contribution in [0.5, 0.6) is 0 Å². The van der Waals surface area contributed by atoms with Crippen molar-refractivity contribution in [1.29, 1.82) is 0 Å². The van der Waals surface area contributed by atoms with Crippen LogP contribution in [0.2, 0.25) is 0 Å². The second-order valence-electron chi connectivity index (χ2n) is 10.1. The summed E-state index contributed by atoms with van der Waals surface area (Å²) in [4.78, 5) is 16.1. The molecule has 3 aromatic carbocycles. The Morgan fingerprint density at radius 1 is 0.244 bits per heavy atom. The first-order chi connectivity index (χ1) is 22.3. The molecule has 4 heterocycles. The SMILES string of the molecule is c1cc(Cc2ccncc2)ccn1.c1ccc(Cc2ccccc2)cc1.c1ccccc1.c1cncc(Cc2cccnc2)c1. The summed E-state index contributed by atoms with van der Waals surface area (Å²) in [7, 11) is 0. The highest BCUT2D eigenvalue weighted by atomic mass is 14.6. The maximum absolute atomic E-state index is 4.06. The minimum absolute atomic E-state index is 0.904. The van der Waals surface area contributed by atoms with Gasteiger partial charge in [-0.1, -0.05) is 109 Å². The van der Waals surface area contributed by atoms with E-state index in [2.05, 4.69) is 92.7 Å². The van der Waals surface area contributed by atoms with Gasteiger partial charge < -0.3 is 0 Å².